The number of imidazole rings is 1. The SMILES string of the molecule is CC1(C)CC(=O)C2=C(C1)Nc1ccccc1N(CC(=O)NCCc1cnc[nH]1)C2c1cccs1. The van der Waals surface area contributed by atoms with Gasteiger partial charge in [-0.15, -0.1) is 11.3 Å². The summed E-state index contributed by atoms with van der Waals surface area (Å²) in [5, 5.41) is 8.65. The van der Waals surface area contributed by atoms with Crippen molar-refractivity contribution in [2.75, 3.05) is 23.3 Å². The summed E-state index contributed by atoms with van der Waals surface area (Å²) in [6.07, 6.45) is 5.36. The summed E-state index contributed by atoms with van der Waals surface area (Å²) in [6.45, 7) is 4.94. The molecule has 1 aliphatic carbocycles. The van der Waals surface area contributed by atoms with Crippen molar-refractivity contribution >= 4 is 34.4 Å². The van der Waals surface area contributed by atoms with Crippen LogP contribution in [0.2, 0.25) is 0 Å². The summed E-state index contributed by atoms with van der Waals surface area (Å²) >= 11 is 1.62. The molecule has 0 spiro atoms. The van der Waals surface area contributed by atoms with Gasteiger partial charge >= 0.3 is 0 Å². The van der Waals surface area contributed by atoms with Crippen LogP contribution >= 0.6 is 11.3 Å². The molecule has 0 radical (unpaired) electrons. The van der Waals surface area contributed by atoms with Crippen LogP contribution in [0.15, 0.2) is 65.6 Å². The summed E-state index contributed by atoms with van der Waals surface area (Å²) in [4.78, 5) is 36.9. The maximum atomic E-state index is 13.6. The quantitative estimate of drug-likeness (QED) is 0.490. The van der Waals surface area contributed by atoms with Gasteiger partial charge in [-0.2, -0.15) is 0 Å². The first-order valence-electron chi connectivity index (χ1n) is 11.6. The molecule has 1 unspecified atom stereocenters. The third-order valence-corrected chi connectivity index (χ3v) is 7.33. The van der Waals surface area contributed by atoms with Crippen molar-refractivity contribution in [3.63, 3.8) is 0 Å². The van der Waals surface area contributed by atoms with E-state index in [0.29, 0.717) is 19.4 Å². The molecule has 3 aromatic rings. The van der Waals surface area contributed by atoms with E-state index in [1.807, 2.05) is 35.7 Å². The van der Waals surface area contributed by atoms with E-state index >= 15 is 0 Å². The van der Waals surface area contributed by atoms with Crippen LogP contribution in [-0.2, 0) is 16.0 Å². The van der Waals surface area contributed by atoms with Gasteiger partial charge in [0.1, 0.15) is 0 Å². The van der Waals surface area contributed by atoms with Gasteiger partial charge in [-0.3, -0.25) is 9.59 Å². The number of nitrogens with zero attached hydrogens (tertiary/aromatic N) is 2. The summed E-state index contributed by atoms with van der Waals surface area (Å²) in [5.74, 6) is 0.0677. The van der Waals surface area contributed by atoms with Gasteiger partial charge in [0.2, 0.25) is 5.91 Å². The number of carbonyl (C=O) groups is 2. The largest absolute Gasteiger partial charge is 0.357 e. The minimum absolute atomic E-state index is 0.0801. The third kappa shape index (κ3) is 4.50. The highest BCUT2D eigenvalue weighted by Gasteiger charge is 2.42. The van der Waals surface area contributed by atoms with Gasteiger partial charge in [-0.25, -0.2) is 4.98 Å². The highest BCUT2D eigenvalue weighted by molar-refractivity contribution is 7.10. The number of H-pyrrole nitrogens is 1. The number of carbonyl (C=O) groups excluding carboxylic acids is 2. The zero-order chi connectivity index (χ0) is 23.7. The minimum atomic E-state index is -0.312. The van der Waals surface area contributed by atoms with Crippen molar-refractivity contribution in [1.29, 1.82) is 0 Å². The number of aromatic nitrogens is 2. The van der Waals surface area contributed by atoms with Gasteiger partial charge in [-0.05, 0) is 35.4 Å². The maximum Gasteiger partial charge on any atom is 0.239 e. The van der Waals surface area contributed by atoms with E-state index in [2.05, 4.69) is 45.4 Å². The molecule has 5 rings (SSSR count). The van der Waals surface area contributed by atoms with Crippen molar-refractivity contribution < 1.29 is 9.59 Å². The lowest BCUT2D eigenvalue weighted by Gasteiger charge is -2.37. The Labute approximate surface area is 203 Å². The Morgan fingerprint density at radius 3 is 2.85 bits per heavy atom. The number of ketones is 1. The number of anilines is 2. The van der Waals surface area contributed by atoms with Crippen molar-refractivity contribution in [1.82, 2.24) is 15.3 Å². The second kappa shape index (κ2) is 9.10. The fourth-order valence-electron chi connectivity index (χ4n) is 4.94. The molecule has 176 valence electrons. The molecule has 2 aliphatic rings. The lowest BCUT2D eigenvalue weighted by Crippen LogP contribution is -2.42. The second-order valence-electron chi connectivity index (χ2n) is 9.70. The highest BCUT2D eigenvalue weighted by atomic mass is 32.1. The number of thiophene rings is 1. The zero-order valence-electron chi connectivity index (χ0n) is 19.4. The second-order valence-corrected chi connectivity index (χ2v) is 10.7. The van der Waals surface area contributed by atoms with E-state index in [4.69, 9.17) is 0 Å². The molecule has 1 atom stereocenters. The number of hydrogen-bond acceptors (Lipinski definition) is 6. The molecular weight excluding hydrogens is 446 g/mol. The molecular formula is C26H29N5O2S. The molecule has 1 aliphatic heterocycles. The molecule has 3 heterocycles. The smallest absolute Gasteiger partial charge is 0.239 e. The number of fused-ring (bicyclic) bond motifs is 1. The molecule has 7 nitrogen and oxygen atoms in total. The number of amides is 1. The predicted octanol–water partition coefficient (Wildman–Crippen LogP) is 4.45. The minimum Gasteiger partial charge on any atom is -0.357 e. The van der Waals surface area contributed by atoms with Crippen LogP contribution in [0.3, 0.4) is 0 Å². The first-order valence-corrected chi connectivity index (χ1v) is 12.5. The van der Waals surface area contributed by atoms with Gasteiger partial charge in [-0.1, -0.05) is 32.0 Å². The Kier molecular flexibility index (Phi) is 6.00. The number of para-hydroxylation sites is 2. The molecule has 1 aromatic carbocycles. The van der Waals surface area contributed by atoms with E-state index < -0.39 is 0 Å². The fraction of sp³-hybridized carbons (Fsp3) is 0.346. The lowest BCUT2D eigenvalue weighted by molar-refractivity contribution is -0.120. The molecule has 3 N–H and O–H groups in total. The van der Waals surface area contributed by atoms with E-state index in [1.54, 1.807) is 23.9 Å². The fourth-order valence-corrected chi connectivity index (χ4v) is 5.78. The number of benzene rings is 1. The molecule has 34 heavy (non-hydrogen) atoms. The van der Waals surface area contributed by atoms with Crippen LogP contribution in [0.1, 0.15) is 43.3 Å². The number of allylic oxidation sites excluding steroid dienone is 1. The molecule has 2 aromatic heterocycles. The Balaban J connectivity index is 1.51. The first kappa shape index (κ1) is 22.4. The summed E-state index contributed by atoms with van der Waals surface area (Å²) in [7, 11) is 0. The highest BCUT2D eigenvalue weighted by Crippen LogP contribution is 2.48. The summed E-state index contributed by atoms with van der Waals surface area (Å²) in [6, 6.07) is 11.8. The Morgan fingerprint density at radius 2 is 2.09 bits per heavy atom. The van der Waals surface area contributed by atoms with Crippen LogP contribution in [0.4, 0.5) is 11.4 Å². The van der Waals surface area contributed by atoms with Gasteiger partial charge in [0.15, 0.2) is 5.78 Å². The summed E-state index contributed by atoms with van der Waals surface area (Å²) < 4.78 is 0. The van der Waals surface area contributed by atoms with E-state index in [-0.39, 0.29) is 29.7 Å². The van der Waals surface area contributed by atoms with Crippen molar-refractivity contribution in [2.45, 2.75) is 39.2 Å². The first-order chi connectivity index (χ1) is 16.4. The molecule has 0 saturated carbocycles. The van der Waals surface area contributed by atoms with Crippen LogP contribution in [0, 0.1) is 5.41 Å². The molecule has 8 heteroatoms. The normalized spacial score (nSPS) is 19.2. The molecule has 1 amide bonds. The molecule has 0 saturated heterocycles. The van der Waals surface area contributed by atoms with Crippen molar-refractivity contribution in [3.8, 4) is 0 Å². The number of nitrogens with one attached hydrogen (secondary N) is 3. The Bertz CT molecular complexity index is 1210. The predicted molar refractivity (Wildman–Crippen MR) is 135 cm³/mol. The van der Waals surface area contributed by atoms with Crippen molar-refractivity contribution in [2.24, 2.45) is 5.41 Å². The van der Waals surface area contributed by atoms with E-state index in [0.717, 1.165) is 39.6 Å². The van der Waals surface area contributed by atoms with Crippen LogP contribution in [0.25, 0.3) is 0 Å². The molecule has 0 bridgehead atoms. The van der Waals surface area contributed by atoms with E-state index in [1.165, 1.54) is 0 Å². The Morgan fingerprint density at radius 1 is 1.24 bits per heavy atom. The van der Waals surface area contributed by atoms with Gasteiger partial charge in [0.05, 0.1) is 30.3 Å². The topological polar surface area (TPSA) is 90.1 Å². The van der Waals surface area contributed by atoms with Gasteiger partial charge in [0.25, 0.3) is 0 Å². The van der Waals surface area contributed by atoms with Crippen molar-refractivity contribution in [3.05, 3.63) is 76.1 Å². The standard InChI is InChI=1S/C26H29N5O2S/c1-26(2)12-19-24(21(32)13-26)25(22-8-5-11-34-22)31(20-7-4-3-6-18(20)30-19)15-23(33)28-10-9-17-14-27-16-29-17/h3-8,11,14,16,25,30H,9-10,12-13,15H2,1-2H3,(H,27,29)(H,28,33). The average molecular weight is 476 g/mol. The van der Waals surface area contributed by atoms with Crippen LogP contribution in [-0.4, -0.2) is 34.7 Å². The van der Waals surface area contributed by atoms with Gasteiger partial charge in [0, 0.05) is 47.4 Å². The van der Waals surface area contributed by atoms with E-state index in [9.17, 15) is 9.59 Å². The van der Waals surface area contributed by atoms with Crippen LogP contribution < -0.4 is 15.5 Å². The number of aromatic amines is 1. The number of Topliss-reactive ketones (excluding diaryl/α,β-unsaturated/α-hetero) is 1. The summed E-state index contributed by atoms with van der Waals surface area (Å²) in [5.41, 5.74) is 4.45. The molecule has 0 fully saturated rings. The van der Waals surface area contributed by atoms with Crippen LogP contribution in [0.5, 0.6) is 0 Å². The third-order valence-electron chi connectivity index (χ3n) is 6.40. The number of hydrogen-bond donors (Lipinski definition) is 3. The monoisotopic (exact) mass is 475 g/mol. The maximum absolute atomic E-state index is 13.6. The zero-order valence-corrected chi connectivity index (χ0v) is 20.2. The van der Waals surface area contributed by atoms with Gasteiger partial charge < -0.3 is 20.5 Å². The Hall–Kier alpha value is -3.39. The number of rotatable bonds is 6. The lowest BCUT2D eigenvalue weighted by atomic mass is 9.74. The average Bonchev–Trinajstić information content (AvgIpc) is 3.47.